The maximum atomic E-state index is 5.67. The van der Waals surface area contributed by atoms with Gasteiger partial charge < -0.3 is 4.74 Å². The fraction of sp³-hybridized carbons (Fsp3) is 0.273. The van der Waals surface area contributed by atoms with Gasteiger partial charge in [0.2, 0.25) is 0 Å². The van der Waals surface area contributed by atoms with E-state index in [4.69, 9.17) is 17.0 Å². The van der Waals surface area contributed by atoms with E-state index in [0.29, 0.717) is 10.6 Å². The molecule has 0 saturated carbocycles. The van der Waals surface area contributed by atoms with Crippen molar-refractivity contribution in [3.8, 4) is 5.75 Å². The minimum absolute atomic E-state index is 0.460. The Kier molecular flexibility index (Phi) is 3.36. The topological polar surface area (TPSA) is 37.9 Å². The predicted molar refractivity (Wildman–Crippen MR) is 67.5 cm³/mol. The molecule has 0 unspecified atom stereocenters. The second-order valence-corrected chi connectivity index (χ2v) is 5.31. The van der Waals surface area contributed by atoms with Gasteiger partial charge in [-0.2, -0.15) is 5.10 Å². The molecule has 0 amide bonds. The maximum absolute atomic E-state index is 5.67. The molecule has 1 N–H and O–H groups in total. The van der Waals surface area contributed by atoms with E-state index in [9.17, 15) is 0 Å². The van der Waals surface area contributed by atoms with Gasteiger partial charge in [-0.05, 0) is 37.7 Å². The van der Waals surface area contributed by atoms with Gasteiger partial charge in [0.25, 0.3) is 0 Å². The summed E-state index contributed by atoms with van der Waals surface area (Å²) in [5.74, 6) is 0.895. The first-order valence-corrected chi connectivity index (χ1v) is 6.12. The Morgan fingerprint density at radius 2 is 2.25 bits per heavy atom. The van der Waals surface area contributed by atoms with E-state index in [2.05, 4.69) is 23.2 Å². The number of H-pyrrole nitrogens is 1. The van der Waals surface area contributed by atoms with Gasteiger partial charge in [0.05, 0.1) is 0 Å². The van der Waals surface area contributed by atoms with Crippen LogP contribution in [0.2, 0.25) is 0 Å². The standard InChI is InChI=1S/C11H12N2OS2/c1-7-3-4-9(8(2)5-7)14-6-10-12-13-11(15)16-10/h3-5H,6H2,1-2H3,(H,13,15). The van der Waals surface area contributed by atoms with Crippen LogP contribution >= 0.6 is 23.6 Å². The number of nitrogens with one attached hydrogen (secondary N) is 1. The lowest BCUT2D eigenvalue weighted by atomic mass is 10.1. The van der Waals surface area contributed by atoms with Gasteiger partial charge in [-0.25, -0.2) is 0 Å². The van der Waals surface area contributed by atoms with Crippen molar-refractivity contribution in [2.75, 3.05) is 0 Å². The minimum Gasteiger partial charge on any atom is -0.486 e. The van der Waals surface area contributed by atoms with Crippen molar-refractivity contribution in [1.29, 1.82) is 0 Å². The van der Waals surface area contributed by atoms with Gasteiger partial charge in [-0.3, -0.25) is 5.10 Å². The predicted octanol–water partition coefficient (Wildman–Crippen LogP) is 3.40. The van der Waals surface area contributed by atoms with Crippen molar-refractivity contribution in [3.63, 3.8) is 0 Å². The van der Waals surface area contributed by atoms with Crippen molar-refractivity contribution < 1.29 is 4.74 Å². The Hall–Kier alpha value is -1.20. The number of aromatic amines is 1. The monoisotopic (exact) mass is 252 g/mol. The fourth-order valence-corrected chi connectivity index (χ4v) is 2.27. The molecule has 2 aromatic rings. The first-order chi connectivity index (χ1) is 7.65. The molecule has 0 aliphatic carbocycles. The zero-order valence-corrected chi connectivity index (χ0v) is 10.7. The Morgan fingerprint density at radius 1 is 1.44 bits per heavy atom. The van der Waals surface area contributed by atoms with Gasteiger partial charge in [-0.1, -0.05) is 29.0 Å². The summed E-state index contributed by atoms with van der Waals surface area (Å²) < 4.78 is 6.35. The van der Waals surface area contributed by atoms with Gasteiger partial charge in [0, 0.05) is 0 Å². The molecule has 0 saturated heterocycles. The second-order valence-electron chi connectivity index (χ2n) is 3.56. The van der Waals surface area contributed by atoms with E-state index in [1.165, 1.54) is 16.9 Å². The summed E-state index contributed by atoms with van der Waals surface area (Å²) in [4.78, 5) is 0. The molecule has 0 aliphatic heterocycles. The van der Waals surface area contributed by atoms with E-state index >= 15 is 0 Å². The van der Waals surface area contributed by atoms with Crippen LogP contribution in [-0.2, 0) is 6.61 Å². The lowest BCUT2D eigenvalue weighted by Crippen LogP contribution is -1.96. The van der Waals surface area contributed by atoms with Crippen LogP contribution in [0.3, 0.4) is 0 Å². The van der Waals surface area contributed by atoms with Crippen LogP contribution in [0.1, 0.15) is 16.1 Å². The maximum Gasteiger partial charge on any atom is 0.176 e. The van der Waals surface area contributed by atoms with Crippen LogP contribution in [0.25, 0.3) is 0 Å². The summed E-state index contributed by atoms with van der Waals surface area (Å²) in [6, 6.07) is 6.12. The Morgan fingerprint density at radius 3 is 2.88 bits per heavy atom. The fourth-order valence-electron chi connectivity index (χ4n) is 1.42. The average molecular weight is 252 g/mol. The molecule has 2 rings (SSSR count). The Balaban J connectivity index is 2.07. The molecule has 1 aromatic heterocycles. The van der Waals surface area contributed by atoms with Gasteiger partial charge in [0.1, 0.15) is 12.4 Å². The molecular weight excluding hydrogens is 240 g/mol. The molecule has 0 bridgehead atoms. The molecule has 0 radical (unpaired) electrons. The van der Waals surface area contributed by atoms with Crippen LogP contribution in [0.4, 0.5) is 0 Å². The van der Waals surface area contributed by atoms with Gasteiger partial charge in [0.15, 0.2) is 8.96 Å². The van der Waals surface area contributed by atoms with Crippen molar-refractivity contribution in [3.05, 3.63) is 38.3 Å². The Bertz CT molecular complexity index is 545. The number of hydrogen-bond donors (Lipinski definition) is 1. The molecule has 16 heavy (non-hydrogen) atoms. The molecule has 1 aromatic carbocycles. The highest BCUT2D eigenvalue weighted by atomic mass is 32.1. The zero-order chi connectivity index (χ0) is 11.5. The molecule has 3 nitrogen and oxygen atoms in total. The normalized spacial score (nSPS) is 10.4. The summed E-state index contributed by atoms with van der Waals surface area (Å²) in [7, 11) is 0. The minimum atomic E-state index is 0.460. The summed E-state index contributed by atoms with van der Waals surface area (Å²) in [5, 5.41) is 7.64. The number of ether oxygens (including phenoxy) is 1. The lowest BCUT2D eigenvalue weighted by Gasteiger charge is -2.07. The van der Waals surface area contributed by atoms with Crippen molar-refractivity contribution in [2.45, 2.75) is 20.5 Å². The first-order valence-electron chi connectivity index (χ1n) is 4.89. The number of benzene rings is 1. The van der Waals surface area contributed by atoms with E-state index in [1.807, 2.05) is 19.1 Å². The van der Waals surface area contributed by atoms with Crippen molar-refractivity contribution in [2.24, 2.45) is 0 Å². The van der Waals surface area contributed by atoms with E-state index in [1.54, 1.807) is 0 Å². The van der Waals surface area contributed by atoms with E-state index < -0.39 is 0 Å². The third-order valence-corrected chi connectivity index (χ3v) is 3.23. The number of aromatic nitrogens is 2. The van der Waals surface area contributed by atoms with Gasteiger partial charge in [-0.15, -0.1) is 0 Å². The van der Waals surface area contributed by atoms with E-state index in [0.717, 1.165) is 16.3 Å². The highest BCUT2D eigenvalue weighted by Gasteiger charge is 2.02. The van der Waals surface area contributed by atoms with Crippen LogP contribution in [0.5, 0.6) is 5.75 Å². The van der Waals surface area contributed by atoms with Gasteiger partial charge >= 0.3 is 0 Å². The summed E-state index contributed by atoms with van der Waals surface area (Å²) >= 11 is 6.39. The number of hydrogen-bond acceptors (Lipinski definition) is 4. The number of nitrogens with zero attached hydrogens (tertiary/aromatic N) is 1. The third kappa shape index (κ3) is 2.68. The van der Waals surface area contributed by atoms with Crippen LogP contribution in [0, 0.1) is 17.8 Å². The highest BCUT2D eigenvalue weighted by molar-refractivity contribution is 7.73. The molecule has 1 heterocycles. The first kappa shape index (κ1) is 11.3. The second kappa shape index (κ2) is 4.76. The van der Waals surface area contributed by atoms with Crippen molar-refractivity contribution >= 4 is 23.6 Å². The number of rotatable bonds is 3. The molecule has 0 spiro atoms. The summed E-state index contributed by atoms with van der Waals surface area (Å²) in [6.07, 6.45) is 0. The average Bonchev–Trinajstić information content (AvgIpc) is 2.63. The molecule has 84 valence electrons. The SMILES string of the molecule is Cc1ccc(OCc2n[nH]c(=S)s2)c(C)c1. The Labute approximate surface area is 103 Å². The van der Waals surface area contributed by atoms with E-state index in [-0.39, 0.29) is 0 Å². The summed E-state index contributed by atoms with van der Waals surface area (Å²) in [5.41, 5.74) is 2.37. The molecular formula is C11H12N2OS2. The number of aryl methyl sites for hydroxylation is 2. The summed E-state index contributed by atoms with van der Waals surface area (Å²) in [6.45, 7) is 4.56. The van der Waals surface area contributed by atoms with Crippen molar-refractivity contribution in [1.82, 2.24) is 10.2 Å². The smallest absolute Gasteiger partial charge is 0.176 e. The van der Waals surface area contributed by atoms with Crippen LogP contribution in [-0.4, -0.2) is 10.2 Å². The lowest BCUT2D eigenvalue weighted by molar-refractivity contribution is 0.302. The van der Waals surface area contributed by atoms with Crippen LogP contribution < -0.4 is 4.74 Å². The third-order valence-electron chi connectivity index (χ3n) is 2.16. The van der Waals surface area contributed by atoms with Crippen LogP contribution in [0.15, 0.2) is 18.2 Å². The largest absolute Gasteiger partial charge is 0.486 e. The quantitative estimate of drug-likeness (QED) is 0.851. The molecule has 0 atom stereocenters. The molecule has 0 fully saturated rings. The molecule has 0 aliphatic rings. The zero-order valence-electron chi connectivity index (χ0n) is 9.11. The highest BCUT2D eigenvalue weighted by Crippen LogP contribution is 2.20. The molecule has 5 heteroatoms.